The van der Waals surface area contributed by atoms with Gasteiger partial charge in [0.1, 0.15) is 12.4 Å². The molecule has 182 valence electrons. The second kappa shape index (κ2) is 10.6. The van der Waals surface area contributed by atoms with Crippen molar-refractivity contribution in [2.75, 3.05) is 13.2 Å². The van der Waals surface area contributed by atoms with E-state index in [0.717, 1.165) is 10.8 Å². The molecular formula is C28H30N2O5. The van der Waals surface area contributed by atoms with Gasteiger partial charge in [0.25, 0.3) is 11.5 Å². The van der Waals surface area contributed by atoms with Crippen molar-refractivity contribution in [3.63, 3.8) is 0 Å². The number of carbonyl (C=O) groups is 2. The average Bonchev–Trinajstić information content (AvgIpc) is 3.31. The number of hydrogen-bond acceptors (Lipinski definition) is 6. The molecule has 1 amide bonds. The molecule has 0 bridgehead atoms. The molecule has 0 radical (unpaired) electrons. The molecule has 3 aromatic carbocycles. The predicted octanol–water partition coefficient (Wildman–Crippen LogP) is 4.75. The van der Waals surface area contributed by atoms with Crippen molar-refractivity contribution in [2.24, 2.45) is 11.1 Å². The van der Waals surface area contributed by atoms with Crippen LogP contribution in [0.5, 0.6) is 5.75 Å². The Labute approximate surface area is 205 Å². The number of ether oxygens (including phenoxy) is 2. The zero-order chi connectivity index (χ0) is 24.8. The van der Waals surface area contributed by atoms with E-state index in [0.29, 0.717) is 17.0 Å². The van der Waals surface area contributed by atoms with Gasteiger partial charge < -0.3 is 19.6 Å². The molecule has 3 aromatic rings. The molecular weight excluding hydrogens is 444 g/mol. The minimum Gasteiger partial charge on any atom is -0.489 e. The van der Waals surface area contributed by atoms with Crippen LogP contribution in [-0.2, 0) is 14.4 Å². The Morgan fingerprint density at radius 2 is 1.74 bits per heavy atom. The van der Waals surface area contributed by atoms with Gasteiger partial charge in [-0.1, -0.05) is 67.5 Å². The van der Waals surface area contributed by atoms with Crippen LogP contribution in [0.1, 0.15) is 37.6 Å². The molecule has 0 fully saturated rings. The first-order valence-corrected chi connectivity index (χ1v) is 11.8. The van der Waals surface area contributed by atoms with Gasteiger partial charge in [-0.15, -0.1) is 0 Å². The van der Waals surface area contributed by atoms with Gasteiger partial charge in [-0.2, -0.15) is 0 Å². The first-order valence-electron chi connectivity index (χ1n) is 11.8. The minimum atomic E-state index is -1.41. The van der Waals surface area contributed by atoms with E-state index >= 15 is 0 Å². The molecule has 0 spiro atoms. The van der Waals surface area contributed by atoms with E-state index in [-0.39, 0.29) is 31.5 Å². The largest absolute Gasteiger partial charge is 0.489 e. The van der Waals surface area contributed by atoms with Crippen LogP contribution in [-0.4, -0.2) is 42.4 Å². The van der Waals surface area contributed by atoms with E-state index in [1.54, 1.807) is 25.1 Å². The van der Waals surface area contributed by atoms with Crippen molar-refractivity contribution in [2.45, 2.75) is 38.8 Å². The highest BCUT2D eigenvalue weighted by molar-refractivity contribution is 6.03. The lowest BCUT2D eigenvalue weighted by Crippen LogP contribution is -2.49. The third-order valence-corrected chi connectivity index (χ3v) is 5.99. The van der Waals surface area contributed by atoms with Crippen LogP contribution in [0, 0.1) is 5.92 Å². The van der Waals surface area contributed by atoms with Gasteiger partial charge in [0, 0.05) is 12.0 Å². The molecule has 0 saturated heterocycles. The normalized spacial score (nSPS) is 18.0. The molecule has 7 nitrogen and oxygen atoms in total. The summed E-state index contributed by atoms with van der Waals surface area (Å²) in [7, 11) is 0. The topological polar surface area (TPSA) is 86.2 Å². The number of nitrogens with zero attached hydrogens (tertiary/aromatic N) is 1. The zero-order valence-electron chi connectivity index (χ0n) is 20.2. The van der Waals surface area contributed by atoms with Crippen molar-refractivity contribution in [3.05, 3.63) is 78.4 Å². The molecule has 35 heavy (non-hydrogen) atoms. The van der Waals surface area contributed by atoms with Crippen molar-refractivity contribution in [1.82, 2.24) is 5.32 Å². The van der Waals surface area contributed by atoms with Crippen molar-refractivity contribution in [1.29, 1.82) is 0 Å². The summed E-state index contributed by atoms with van der Waals surface area (Å²) >= 11 is 0. The molecule has 0 aliphatic carbocycles. The van der Waals surface area contributed by atoms with Crippen molar-refractivity contribution in [3.8, 4) is 5.75 Å². The van der Waals surface area contributed by atoms with E-state index in [4.69, 9.17) is 14.3 Å². The molecule has 1 N–H and O–H groups in total. The first-order chi connectivity index (χ1) is 16.9. The van der Waals surface area contributed by atoms with Gasteiger partial charge >= 0.3 is 5.97 Å². The molecule has 1 heterocycles. The van der Waals surface area contributed by atoms with Gasteiger partial charge in [-0.05, 0) is 47.9 Å². The number of benzene rings is 3. The Morgan fingerprint density at radius 3 is 2.46 bits per heavy atom. The van der Waals surface area contributed by atoms with Gasteiger partial charge in [0.05, 0.1) is 18.4 Å². The van der Waals surface area contributed by atoms with Crippen LogP contribution in [0.25, 0.3) is 10.8 Å². The lowest BCUT2D eigenvalue weighted by atomic mass is 9.90. The third-order valence-electron chi connectivity index (χ3n) is 5.99. The predicted molar refractivity (Wildman–Crippen MR) is 134 cm³/mol. The third kappa shape index (κ3) is 5.45. The van der Waals surface area contributed by atoms with Gasteiger partial charge in [-0.25, -0.2) is 4.79 Å². The fourth-order valence-corrected chi connectivity index (χ4v) is 4.08. The lowest BCUT2D eigenvalue weighted by Gasteiger charge is -2.26. The number of amides is 1. The highest BCUT2D eigenvalue weighted by atomic mass is 16.7. The van der Waals surface area contributed by atoms with E-state index in [9.17, 15) is 9.59 Å². The summed E-state index contributed by atoms with van der Waals surface area (Å²) < 4.78 is 11.1. The Hall–Kier alpha value is -3.87. The van der Waals surface area contributed by atoms with Crippen LogP contribution < -0.4 is 10.1 Å². The molecule has 7 heteroatoms. The Morgan fingerprint density at radius 1 is 1.03 bits per heavy atom. The summed E-state index contributed by atoms with van der Waals surface area (Å²) in [6.07, 6.45) is 0.152. The monoisotopic (exact) mass is 474 g/mol. The molecule has 1 aliphatic rings. The number of oxime groups is 1. The zero-order valence-corrected chi connectivity index (χ0v) is 20.2. The van der Waals surface area contributed by atoms with Crippen molar-refractivity contribution < 1.29 is 23.9 Å². The highest BCUT2D eigenvalue weighted by Gasteiger charge is 2.51. The van der Waals surface area contributed by atoms with E-state index in [1.165, 1.54) is 0 Å². The molecule has 0 aromatic heterocycles. The van der Waals surface area contributed by atoms with Crippen molar-refractivity contribution >= 4 is 28.4 Å². The summed E-state index contributed by atoms with van der Waals surface area (Å²) in [5.74, 6) is -0.141. The minimum absolute atomic E-state index is 0.00907. The lowest BCUT2D eigenvalue weighted by molar-refractivity contribution is -0.172. The van der Waals surface area contributed by atoms with Crippen LogP contribution >= 0.6 is 0 Å². The second-order valence-corrected chi connectivity index (χ2v) is 8.92. The summed E-state index contributed by atoms with van der Waals surface area (Å²) in [6, 6.07) is 22.2. The Bertz CT molecular complexity index is 1220. The number of para-hydroxylation sites is 1. The van der Waals surface area contributed by atoms with Crippen LogP contribution in [0.15, 0.2) is 78.0 Å². The van der Waals surface area contributed by atoms with Gasteiger partial charge in [-0.3, -0.25) is 4.79 Å². The Kier molecular flexibility index (Phi) is 7.34. The maximum atomic E-state index is 13.1. The number of esters is 1. The molecule has 2 atom stereocenters. The van der Waals surface area contributed by atoms with E-state index in [2.05, 4.69) is 10.5 Å². The summed E-state index contributed by atoms with van der Waals surface area (Å²) in [5, 5.41) is 9.38. The van der Waals surface area contributed by atoms with Gasteiger partial charge in [0.15, 0.2) is 0 Å². The fraction of sp³-hybridized carbons (Fsp3) is 0.321. The molecule has 4 rings (SSSR count). The maximum Gasteiger partial charge on any atom is 0.357 e. The average molecular weight is 475 g/mol. The molecule has 1 aliphatic heterocycles. The SMILES string of the molecule is CCOC(=O)C1(COc2ccccc2)CC([C@@H](NC(=O)c2ccc3ccccc3c2)C(C)C)=NO1. The standard InChI is InChI=1S/C28H30N2O5/c1-4-33-27(32)28(18-34-23-12-6-5-7-13-23)17-24(30-35-28)25(19(2)3)29-26(31)22-15-14-20-10-8-9-11-21(20)16-22/h5-16,19,25H,4,17-18H2,1-3H3,(H,29,31)/t25-,28?/m0/s1. The van der Waals surface area contributed by atoms with E-state index < -0.39 is 17.6 Å². The van der Waals surface area contributed by atoms with Crippen LogP contribution in [0.4, 0.5) is 0 Å². The number of fused-ring (bicyclic) bond motifs is 1. The Balaban J connectivity index is 1.51. The maximum absolute atomic E-state index is 13.1. The fourth-order valence-electron chi connectivity index (χ4n) is 4.08. The summed E-state index contributed by atoms with van der Waals surface area (Å²) in [4.78, 5) is 31.8. The quantitative estimate of drug-likeness (QED) is 0.452. The second-order valence-electron chi connectivity index (χ2n) is 8.92. The van der Waals surface area contributed by atoms with Gasteiger partial charge in [0.2, 0.25) is 0 Å². The highest BCUT2D eigenvalue weighted by Crippen LogP contribution is 2.30. The van der Waals surface area contributed by atoms with Crippen LogP contribution in [0.2, 0.25) is 0 Å². The number of hydrogen-bond donors (Lipinski definition) is 1. The van der Waals surface area contributed by atoms with E-state index in [1.807, 2.05) is 68.4 Å². The first kappa shape index (κ1) is 24.3. The number of rotatable bonds is 9. The molecule has 0 saturated carbocycles. The smallest absolute Gasteiger partial charge is 0.357 e. The summed E-state index contributed by atoms with van der Waals surface area (Å²) in [6.45, 7) is 5.85. The number of carbonyl (C=O) groups excluding carboxylic acids is 2. The van der Waals surface area contributed by atoms with Crippen LogP contribution in [0.3, 0.4) is 0 Å². The molecule has 1 unspecified atom stereocenters. The summed E-state index contributed by atoms with van der Waals surface area (Å²) in [5.41, 5.74) is -0.293. The number of nitrogens with one attached hydrogen (secondary N) is 1.